The van der Waals surface area contributed by atoms with Crippen molar-refractivity contribution in [3.63, 3.8) is 0 Å². The molecule has 0 radical (unpaired) electrons. The Bertz CT molecular complexity index is 8290. The third-order valence-corrected chi connectivity index (χ3v) is 26.4. The highest BCUT2D eigenvalue weighted by molar-refractivity contribution is 6.07. The first-order valence-electron chi connectivity index (χ1n) is 49.1. The van der Waals surface area contributed by atoms with E-state index in [0.717, 1.165) is 259 Å². The van der Waals surface area contributed by atoms with Crippen molar-refractivity contribution in [3.8, 4) is 33.9 Å². The minimum atomic E-state index is 0.803. The lowest BCUT2D eigenvalue weighted by Crippen LogP contribution is -2.05. The molecule has 0 amide bonds. The molecule has 0 aliphatic rings. The van der Waals surface area contributed by atoms with Crippen LogP contribution in [-0.4, -0.2) is 122 Å². The lowest BCUT2D eigenvalue weighted by Gasteiger charge is -2.05. The quantitative estimate of drug-likeness (QED) is 0.0646. The standard InChI is InChI=1S/C24H20N4.3C20H20N4.C18H20N4.C17H19N5/c1-28-22-14-12-17-7-2-3-9-19(17)24(22)27-23(28)15-13-18-8-6-11-21(26-18)20-10-4-5-16-25-20;1-13-12-21-14(2)17(22-13)9-11-19-23-20-16-7-5-4-6-15(16)8-10-18(20)24(19)3;2*1-13-12-14(2)22-18(21-13)10-11-19-23-20-16-7-5-4-6-15(16)8-9-17(20)24(19)3;1-13-11-19-14(2)16(20-13)9-10-18-21-17(12-22(18)3)15-7-5-4-6-8-15;1-12-13(2)20-15(10-19-12)6-7-17-21-16(11-22(17)3)14-5-4-8-18-9-14/h2-12,14,16H,13,15H2,1H3;4-8,10,12H,9,11H2,1-3H3;2*4-9,12H,10-11H2,1-3H3;4-8,11-12H,9-10H2,1-3H3;4-5,8-11H,6-7H2,1-3H3. The molecule has 0 atom stereocenters. The number of pyridine rings is 3. The molecule has 0 aliphatic heterocycles. The third kappa shape index (κ3) is 22.9. The first-order chi connectivity index (χ1) is 69.9. The minimum absolute atomic E-state index is 0.803. The Labute approximate surface area is 839 Å². The van der Waals surface area contributed by atoms with Crippen LogP contribution in [0.5, 0.6) is 0 Å². The van der Waals surface area contributed by atoms with Crippen molar-refractivity contribution in [2.75, 3.05) is 0 Å². The number of benzene rings is 9. The molecular weight excluding hydrogens is 1780 g/mol. The lowest BCUT2D eigenvalue weighted by molar-refractivity contribution is 0.752. The van der Waals surface area contributed by atoms with E-state index in [1.165, 1.54) is 65.2 Å². The van der Waals surface area contributed by atoms with Gasteiger partial charge in [-0.15, -0.1) is 0 Å². The van der Waals surface area contributed by atoms with Crippen molar-refractivity contribution in [3.05, 3.63) is 412 Å². The molecule has 25 nitrogen and oxygen atoms in total. The molecule has 14 heterocycles. The van der Waals surface area contributed by atoms with Crippen LogP contribution < -0.4 is 0 Å². The molecule has 720 valence electrons. The summed E-state index contributed by atoms with van der Waals surface area (Å²) in [6.45, 7) is 20.0. The van der Waals surface area contributed by atoms with Crippen molar-refractivity contribution in [1.82, 2.24) is 122 Å². The maximum absolute atomic E-state index is 4.96. The predicted octanol–water partition coefficient (Wildman–Crippen LogP) is 22.7. The molecule has 0 aliphatic carbocycles. The molecule has 9 aromatic carbocycles. The van der Waals surface area contributed by atoms with E-state index >= 15 is 0 Å². The number of aryl methyl sites for hydroxylation is 28. The SMILES string of the molecule is Cc1cc(C)nc(CCc2nc3c4ccccc4ccc3n2C)n1.Cc1cc(C)nc(CCc2nc3c4ccccc4ccc3n2C)n1.Cc1cnc(C)c(CCc2nc(-c3ccccc3)cn2C)n1.Cc1cnc(C)c(CCc2nc3c4ccccc4ccc3n2C)n1.Cc1ncc(CCc2nc(-c3cccnc3)cn2C)nc1C.Cn1c(CCc2cccc(-c3ccccn3)n2)nc2c3ccccc3ccc21. The van der Waals surface area contributed by atoms with Crippen LogP contribution in [-0.2, 0) is 119 Å². The van der Waals surface area contributed by atoms with Gasteiger partial charge in [-0.2, -0.15) is 0 Å². The maximum atomic E-state index is 4.96. The van der Waals surface area contributed by atoms with Gasteiger partial charge in [0.05, 0.1) is 118 Å². The van der Waals surface area contributed by atoms with Crippen molar-refractivity contribution in [2.24, 2.45) is 42.3 Å². The Hall–Kier alpha value is -16.8. The van der Waals surface area contributed by atoms with Crippen LogP contribution in [0.2, 0.25) is 0 Å². The Kier molecular flexibility index (Phi) is 30.0. The van der Waals surface area contributed by atoms with E-state index in [9.17, 15) is 0 Å². The molecule has 144 heavy (non-hydrogen) atoms. The lowest BCUT2D eigenvalue weighted by atomic mass is 10.1. The zero-order chi connectivity index (χ0) is 100. The van der Waals surface area contributed by atoms with Gasteiger partial charge in [-0.1, -0.05) is 164 Å². The van der Waals surface area contributed by atoms with E-state index < -0.39 is 0 Å². The molecule has 0 saturated heterocycles. The molecule has 0 fully saturated rings. The highest BCUT2D eigenvalue weighted by Gasteiger charge is 2.20. The molecule has 0 spiro atoms. The first kappa shape index (κ1) is 97.4. The molecule has 23 aromatic rings. The molecule has 0 unspecified atom stereocenters. The van der Waals surface area contributed by atoms with Crippen LogP contribution in [0.4, 0.5) is 0 Å². The third-order valence-electron chi connectivity index (χ3n) is 26.4. The van der Waals surface area contributed by atoms with E-state index in [4.69, 9.17) is 34.9 Å². The minimum Gasteiger partial charge on any atom is -0.337 e. The Morgan fingerprint density at radius 1 is 0.222 bits per heavy atom. The molecule has 23 rings (SSSR count). The summed E-state index contributed by atoms with van der Waals surface area (Å²) in [7, 11) is 12.4. The van der Waals surface area contributed by atoms with Crippen LogP contribution in [0, 0.1) is 69.2 Å². The number of aromatic nitrogens is 25. The first-order valence-corrected chi connectivity index (χ1v) is 49.1. The molecular formula is C119H119N25. The van der Waals surface area contributed by atoms with E-state index in [1.54, 1.807) is 12.4 Å². The number of rotatable bonds is 21. The average molecular weight is 1900 g/mol. The Morgan fingerprint density at radius 3 is 1.02 bits per heavy atom. The second-order valence-corrected chi connectivity index (χ2v) is 36.9. The van der Waals surface area contributed by atoms with Crippen molar-refractivity contribution in [2.45, 2.75) is 146 Å². The normalized spacial score (nSPS) is 11.2. The van der Waals surface area contributed by atoms with E-state index in [0.29, 0.717) is 0 Å². The fraction of sp³-hybridized carbons (Fsp3) is 0.235. The summed E-state index contributed by atoms with van der Waals surface area (Å²) in [6.07, 6.45) is 25.1. The monoisotopic (exact) mass is 1900 g/mol. The van der Waals surface area contributed by atoms with Gasteiger partial charge in [0.2, 0.25) is 0 Å². The van der Waals surface area contributed by atoms with Crippen molar-refractivity contribution < 1.29 is 0 Å². The van der Waals surface area contributed by atoms with Gasteiger partial charge < -0.3 is 27.4 Å². The van der Waals surface area contributed by atoms with Gasteiger partial charge in [0, 0.05) is 204 Å². The van der Waals surface area contributed by atoms with Crippen molar-refractivity contribution >= 4 is 87.2 Å². The largest absolute Gasteiger partial charge is 0.337 e. The highest BCUT2D eigenvalue weighted by Crippen LogP contribution is 2.33. The number of hydrogen-bond donors (Lipinski definition) is 0. The average Bonchev–Trinajstić information content (AvgIpc) is 1.63. The number of hydrogen-bond acceptors (Lipinski definition) is 19. The number of nitrogens with zero attached hydrogens (tertiary/aromatic N) is 25. The van der Waals surface area contributed by atoms with Gasteiger partial charge in [0.15, 0.2) is 0 Å². The van der Waals surface area contributed by atoms with Crippen LogP contribution in [0.25, 0.3) is 121 Å². The summed E-state index contributed by atoms with van der Waals surface area (Å²) in [5, 5.41) is 9.75. The van der Waals surface area contributed by atoms with Crippen LogP contribution in [0.1, 0.15) is 126 Å². The fourth-order valence-electron chi connectivity index (χ4n) is 18.5. The summed E-state index contributed by atoms with van der Waals surface area (Å²) < 4.78 is 12.9. The van der Waals surface area contributed by atoms with Gasteiger partial charge in [0.1, 0.15) is 46.6 Å². The summed E-state index contributed by atoms with van der Waals surface area (Å²) in [4.78, 5) is 87.6. The molecule has 14 aromatic heterocycles. The van der Waals surface area contributed by atoms with Gasteiger partial charge in [-0.3, -0.25) is 44.9 Å². The fourth-order valence-corrected chi connectivity index (χ4v) is 18.5. The second-order valence-electron chi connectivity index (χ2n) is 36.9. The van der Waals surface area contributed by atoms with Crippen LogP contribution in [0.3, 0.4) is 0 Å². The van der Waals surface area contributed by atoms with Gasteiger partial charge >= 0.3 is 0 Å². The molecule has 25 heteroatoms. The zero-order valence-electron chi connectivity index (χ0n) is 84.8. The maximum Gasteiger partial charge on any atom is 0.129 e. The molecule has 0 N–H and O–H groups in total. The van der Waals surface area contributed by atoms with Gasteiger partial charge in [0.25, 0.3) is 0 Å². The smallest absolute Gasteiger partial charge is 0.129 e. The second kappa shape index (κ2) is 44.3. The van der Waals surface area contributed by atoms with Gasteiger partial charge in [-0.25, -0.2) is 49.8 Å². The van der Waals surface area contributed by atoms with E-state index in [-0.39, 0.29) is 0 Å². The summed E-state index contributed by atoms with van der Waals surface area (Å²) in [6, 6.07) is 81.2. The predicted molar refractivity (Wildman–Crippen MR) is 577 cm³/mol. The Balaban J connectivity index is 0.000000114. The topological polar surface area (TPSA) is 274 Å². The van der Waals surface area contributed by atoms with E-state index in [1.807, 2.05) is 181 Å². The summed E-state index contributed by atoms with van der Waals surface area (Å²) in [5.41, 5.74) is 29.2. The summed E-state index contributed by atoms with van der Waals surface area (Å²) >= 11 is 0. The van der Waals surface area contributed by atoms with Crippen molar-refractivity contribution in [1.29, 1.82) is 0 Å². The number of imidazole rings is 6. The number of fused-ring (bicyclic) bond motifs is 12. The molecule has 0 bridgehead atoms. The van der Waals surface area contributed by atoms with Crippen LogP contribution in [0.15, 0.2) is 286 Å². The molecule has 0 saturated carbocycles. The van der Waals surface area contributed by atoms with Gasteiger partial charge in [-0.05, 0) is 189 Å². The highest BCUT2D eigenvalue weighted by atomic mass is 15.1. The zero-order valence-corrected chi connectivity index (χ0v) is 84.8. The van der Waals surface area contributed by atoms with E-state index in [2.05, 4.69) is 291 Å². The Morgan fingerprint density at radius 2 is 0.597 bits per heavy atom. The summed E-state index contributed by atoms with van der Waals surface area (Å²) in [5.74, 6) is 8.21. The van der Waals surface area contributed by atoms with Crippen LogP contribution >= 0.6 is 0 Å².